The highest BCUT2D eigenvalue weighted by Gasteiger charge is 2.39. The molecule has 0 radical (unpaired) electrons. The molecule has 8 unspecified atom stereocenters. The van der Waals surface area contributed by atoms with E-state index in [2.05, 4.69) is 0 Å². The SMILES string of the molecule is CC1OC(=O)C(C)N(C)C(=O)C(Cc2ccccc2)OC(=O)C(C)N(C)C(=O)C(O)OC(=O)C(C)N(C)C(=O)C(Cc2ccccc2)OC(=O)C(C)N(C)C1=O. The minimum Gasteiger partial charge on any atom is -0.451 e. The van der Waals surface area contributed by atoms with Crippen LogP contribution in [0.5, 0.6) is 0 Å². The normalized spacial score (nSPS) is 27.6. The Bertz CT molecular complexity index is 1630. The molecule has 3 rings (SSSR count). The molecule has 4 amide bonds. The molecule has 17 heteroatoms. The highest BCUT2D eigenvalue weighted by atomic mass is 16.6. The maximum atomic E-state index is 13.8. The summed E-state index contributed by atoms with van der Waals surface area (Å²) in [7, 11) is 4.91. The third-order valence-corrected chi connectivity index (χ3v) is 9.75. The molecule has 2 aromatic carbocycles. The number of benzene rings is 2. The van der Waals surface area contributed by atoms with Crippen molar-refractivity contribution < 1.29 is 62.4 Å². The molecule has 2 aromatic rings. The maximum Gasteiger partial charge on any atom is 0.331 e. The predicted molar refractivity (Wildman–Crippen MR) is 197 cm³/mol. The fourth-order valence-electron chi connectivity index (χ4n) is 5.39. The van der Waals surface area contributed by atoms with Crippen LogP contribution in [0.2, 0.25) is 0 Å². The van der Waals surface area contributed by atoms with Crippen molar-refractivity contribution in [3.05, 3.63) is 71.8 Å². The fourth-order valence-corrected chi connectivity index (χ4v) is 5.39. The molecule has 1 fully saturated rings. The highest BCUT2D eigenvalue weighted by Crippen LogP contribution is 2.17. The van der Waals surface area contributed by atoms with Crippen molar-refractivity contribution in [2.24, 2.45) is 0 Å². The molecule has 0 saturated carbocycles. The van der Waals surface area contributed by atoms with Crippen LogP contribution < -0.4 is 0 Å². The lowest BCUT2D eigenvalue weighted by Crippen LogP contribution is -2.53. The molecular weight excluding hydrogens is 732 g/mol. The van der Waals surface area contributed by atoms with Crippen LogP contribution in [0.25, 0.3) is 0 Å². The number of hydrogen-bond acceptors (Lipinski definition) is 13. The number of rotatable bonds is 4. The Morgan fingerprint density at radius 1 is 0.446 bits per heavy atom. The van der Waals surface area contributed by atoms with Crippen LogP contribution in [-0.4, -0.2) is 149 Å². The van der Waals surface area contributed by atoms with Gasteiger partial charge in [-0.25, -0.2) is 19.2 Å². The maximum absolute atomic E-state index is 13.8. The van der Waals surface area contributed by atoms with Gasteiger partial charge in [-0.15, -0.1) is 0 Å². The second-order valence-corrected chi connectivity index (χ2v) is 13.6. The average Bonchev–Trinajstić information content (AvgIpc) is 3.19. The summed E-state index contributed by atoms with van der Waals surface area (Å²) >= 11 is 0. The summed E-state index contributed by atoms with van der Waals surface area (Å²) in [6.45, 7) is 6.47. The first-order valence-electron chi connectivity index (χ1n) is 17.9. The van der Waals surface area contributed by atoms with Crippen molar-refractivity contribution in [3.8, 4) is 0 Å². The predicted octanol–water partition coefficient (Wildman–Crippen LogP) is 0.490. The van der Waals surface area contributed by atoms with Crippen molar-refractivity contribution in [2.45, 2.75) is 96.2 Å². The Morgan fingerprint density at radius 3 is 1.12 bits per heavy atom. The van der Waals surface area contributed by atoms with Crippen molar-refractivity contribution in [1.29, 1.82) is 0 Å². The van der Waals surface area contributed by atoms with Crippen LogP contribution in [0, 0.1) is 0 Å². The van der Waals surface area contributed by atoms with Crippen molar-refractivity contribution in [1.82, 2.24) is 19.6 Å². The Balaban J connectivity index is 2.00. The molecule has 56 heavy (non-hydrogen) atoms. The minimum atomic E-state index is -2.42. The Kier molecular flexibility index (Phi) is 15.6. The third-order valence-electron chi connectivity index (χ3n) is 9.75. The van der Waals surface area contributed by atoms with E-state index in [1.54, 1.807) is 60.7 Å². The van der Waals surface area contributed by atoms with Gasteiger partial charge in [0.2, 0.25) is 0 Å². The highest BCUT2D eigenvalue weighted by molar-refractivity contribution is 5.94. The molecule has 17 nitrogen and oxygen atoms in total. The Labute approximate surface area is 325 Å². The number of aliphatic hydroxyl groups is 1. The van der Waals surface area contributed by atoms with Gasteiger partial charge in [0.05, 0.1) is 0 Å². The number of nitrogens with zero attached hydrogens (tertiary/aromatic N) is 4. The van der Waals surface area contributed by atoms with Crippen LogP contribution in [0.15, 0.2) is 60.7 Å². The summed E-state index contributed by atoms with van der Waals surface area (Å²) in [6.07, 6.45) is -7.16. The lowest BCUT2D eigenvalue weighted by atomic mass is 10.1. The summed E-state index contributed by atoms with van der Waals surface area (Å²) < 4.78 is 21.6. The van der Waals surface area contributed by atoms with Gasteiger partial charge in [0, 0.05) is 41.0 Å². The number of amides is 4. The first-order chi connectivity index (χ1) is 26.3. The van der Waals surface area contributed by atoms with E-state index in [4.69, 9.17) is 18.9 Å². The van der Waals surface area contributed by atoms with E-state index in [1.165, 1.54) is 55.8 Å². The van der Waals surface area contributed by atoms with Crippen molar-refractivity contribution in [3.63, 3.8) is 0 Å². The first-order valence-corrected chi connectivity index (χ1v) is 17.9. The average molecular weight is 783 g/mol. The number of likely N-dealkylation sites (N-methyl/N-ethyl adjacent to an activating group) is 4. The van der Waals surface area contributed by atoms with Gasteiger partial charge in [0.15, 0.2) is 18.3 Å². The van der Waals surface area contributed by atoms with E-state index in [9.17, 15) is 43.5 Å². The monoisotopic (exact) mass is 782 g/mol. The van der Waals surface area contributed by atoms with Gasteiger partial charge in [-0.2, -0.15) is 0 Å². The molecule has 0 bridgehead atoms. The molecule has 8 atom stereocenters. The van der Waals surface area contributed by atoms with Crippen LogP contribution >= 0.6 is 0 Å². The lowest BCUT2D eigenvalue weighted by molar-refractivity contribution is -0.189. The number of cyclic esters (lactones) is 4. The van der Waals surface area contributed by atoms with E-state index in [-0.39, 0.29) is 12.8 Å². The molecule has 304 valence electrons. The summed E-state index contributed by atoms with van der Waals surface area (Å²) in [5, 5.41) is 10.6. The van der Waals surface area contributed by atoms with E-state index in [0.29, 0.717) is 11.1 Å². The zero-order chi connectivity index (χ0) is 42.0. The van der Waals surface area contributed by atoms with Gasteiger partial charge in [-0.1, -0.05) is 60.7 Å². The minimum absolute atomic E-state index is 0.133. The smallest absolute Gasteiger partial charge is 0.331 e. The first kappa shape index (κ1) is 44.6. The topological polar surface area (TPSA) is 207 Å². The quantitative estimate of drug-likeness (QED) is 0.332. The van der Waals surface area contributed by atoms with Crippen molar-refractivity contribution >= 4 is 47.5 Å². The van der Waals surface area contributed by atoms with E-state index in [0.717, 1.165) is 26.6 Å². The second-order valence-electron chi connectivity index (χ2n) is 13.6. The lowest BCUT2D eigenvalue weighted by Gasteiger charge is -2.32. The number of hydrogen-bond donors (Lipinski definition) is 1. The largest absolute Gasteiger partial charge is 0.451 e. The Hall–Kier alpha value is -5.84. The van der Waals surface area contributed by atoms with Gasteiger partial charge in [-0.3, -0.25) is 19.2 Å². The van der Waals surface area contributed by atoms with Crippen molar-refractivity contribution in [2.75, 3.05) is 28.2 Å². The molecule has 1 saturated heterocycles. The number of ether oxygens (including phenoxy) is 4. The summed E-state index contributed by atoms with van der Waals surface area (Å²) in [5.41, 5.74) is 1.18. The molecular formula is C39H50N4O13. The van der Waals surface area contributed by atoms with Gasteiger partial charge in [0.25, 0.3) is 29.9 Å². The number of carbonyl (C=O) groups is 8. The molecule has 0 aliphatic carbocycles. The Morgan fingerprint density at radius 2 is 0.750 bits per heavy atom. The molecule has 1 aliphatic rings. The van der Waals surface area contributed by atoms with Gasteiger partial charge in [0.1, 0.15) is 24.2 Å². The van der Waals surface area contributed by atoms with Gasteiger partial charge in [-0.05, 0) is 45.7 Å². The molecule has 1 N–H and O–H groups in total. The zero-order valence-electron chi connectivity index (χ0n) is 32.9. The summed E-state index contributed by atoms with van der Waals surface area (Å²) in [5.74, 6) is -7.97. The molecule has 0 aromatic heterocycles. The molecule has 1 heterocycles. The molecule has 0 spiro atoms. The van der Waals surface area contributed by atoms with E-state index in [1.807, 2.05) is 0 Å². The zero-order valence-corrected chi connectivity index (χ0v) is 32.9. The van der Waals surface area contributed by atoms with E-state index >= 15 is 0 Å². The number of aliphatic hydroxyl groups excluding tert-OH is 1. The third kappa shape index (κ3) is 11.1. The molecule has 1 aliphatic heterocycles. The van der Waals surface area contributed by atoms with Gasteiger partial charge >= 0.3 is 23.9 Å². The second kappa shape index (κ2) is 19.7. The van der Waals surface area contributed by atoms with Crippen LogP contribution in [0.3, 0.4) is 0 Å². The van der Waals surface area contributed by atoms with Gasteiger partial charge < -0.3 is 43.7 Å². The standard InChI is InChI=1S/C39H50N4O13/c1-22-35(48)53-26(5)31(44)40(6)23(2)36(49)54-30(21-28-18-14-11-15-19-28)33(46)42(8)25(4)38(51)56-39(52)34(47)43(9)24(3)37(50)55-29(32(45)41(22)7)20-27-16-12-10-13-17-27/h10-19,22-26,29-30,39,52H,20-21H2,1-9H3. The summed E-state index contributed by atoms with van der Waals surface area (Å²) in [4.78, 5) is 111. The number of esters is 4. The number of carbonyl (C=O) groups excluding carboxylic acids is 8. The van der Waals surface area contributed by atoms with Crippen LogP contribution in [-0.2, 0) is 70.1 Å². The van der Waals surface area contributed by atoms with Crippen LogP contribution in [0.1, 0.15) is 45.7 Å². The van der Waals surface area contributed by atoms with Crippen LogP contribution in [0.4, 0.5) is 0 Å². The fraction of sp³-hybridized carbons (Fsp3) is 0.487. The van der Waals surface area contributed by atoms with E-state index < -0.39 is 96.3 Å². The summed E-state index contributed by atoms with van der Waals surface area (Å²) in [6, 6.07) is 11.6.